The molecule has 0 aliphatic rings. The van der Waals surface area contributed by atoms with Gasteiger partial charge in [0.05, 0.1) is 5.69 Å². The number of hydrogen-bond acceptors (Lipinski definition) is 5. The summed E-state index contributed by atoms with van der Waals surface area (Å²) in [4.78, 5) is 24.0. The Morgan fingerprint density at radius 3 is 2.64 bits per heavy atom. The molecule has 1 aromatic carbocycles. The Bertz CT molecular complexity index is 766. The Kier molecular flexibility index (Phi) is 5.90. The second-order valence-electron chi connectivity index (χ2n) is 5.89. The Morgan fingerprint density at radius 1 is 1.32 bits per heavy atom. The lowest BCUT2D eigenvalue weighted by Crippen LogP contribution is -2.30. The van der Waals surface area contributed by atoms with E-state index in [9.17, 15) is 14.0 Å². The molecule has 1 atom stereocenters. The first-order valence-corrected chi connectivity index (χ1v) is 7.96. The van der Waals surface area contributed by atoms with Crippen molar-refractivity contribution in [2.45, 2.75) is 46.6 Å². The Labute approximate surface area is 145 Å². The van der Waals surface area contributed by atoms with Gasteiger partial charge in [0.15, 0.2) is 6.10 Å². The van der Waals surface area contributed by atoms with E-state index in [1.807, 2.05) is 0 Å². The molecule has 0 aliphatic heterocycles. The summed E-state index contributed by atoms with van der Waals surface area (Å²) < 4.78 is 23.6. The smallest absolute Gasteiger partial charge is 0.306 e. The Balaban J connectivity index is 1.85. The molecule has 2 rings (SSSR count). The molecule has 1 heterocycles. The van der Waals surface area contributed by atoms with Crippen LogP contribution < -0.4 is 5.32 Å². The fourth-order valence-electron chi connectivity index (χ4n) is 2.31. The van der Waals surface area contributed by atoms with Gasteiger partial charge in [0, 0.05) is 17.7 Å². The number of aromatic nitrogens is 1. The zero-order valence-corrected chi connectivity index (χ0v) is 14.7. The van der Waals surface area contributed by atoms with Gasteiger partial charge in [-0.2, -0.15) is 0 Å². The molecule has 0 unspecified atom stereocenters. The highest BCUT2D eigenvalue weighted by molar-refractivity contribution is 5.95. The van der Waals surface area contributed by atoms with E-state index in [1.165, 1.54) is 13.0 Å². The standard InChI is InChI=1S/C18H21FN2O4/c1-10-5-6-14(9-16(10)19)20-18(23)13(4)24-17(22)8-7-15-11(2)21-25-12(15)3/h5-6,9,13H,7-8H2,1-4H3,(H,20,23)/t13-/m1/s1. The van der Waals surface area contributed by atoms with E-state index in [1.54, 1.807) is 32.9 Å². The number of nitrogens with one attached hydrogen (secondary N) is 1. The summed E-state index contributed by atoms with van der Waals surface area (Å²) >= 11 is 0. The van der Waals surface area contributed by atoms with Crippen molar-refractivity contribution in [3.8, 4) is 0 Å². The van der Waals surface area contributed by atoms with E-state index in [4.69, 9.17) is 9.26 Å². The van der Waals surface area contributed by atoms with Gasteiger partial charge in [-0.1, -0.05) is 11.2 Å². The number of rotatable bonds is 6. The fraction of sp³-hybridized carbons (Fsp3) is 0.389. The number of hydrogen-bond donors (Lipinski definition) is 1. The van der Waals surface area contributed by atoms with Crippen molar-refractivity contribution in [3.63, 3.8) is 0 Å². The largest absolute Gasteiger partial charge is 0.453 e. The lowest BCUT2D eigenvalue weighted by Gasteiger charge is -2.14. The molecule has 7 heteroatoms. The van der Waals surface area contributed by atoms with Crippen LogP contribution in [0.15, 0.2) is 22.7 Å². The zero-order chi connectivity index (χ0) is 18.6. The van der Waals surface area contributed by atoms with Crippen LogP contribution >= 0.6 is 0 Å². The minimum Gasteiger partial charge on any atom is -0.453 e. The van der Waals surface area contributed by atoms with E-state index < -0.39 is 23.8 Å². The van der Waals surface area contributed by atoms with Crippen LogP contribution in [-0.4, -0.2) is 23.1 Å². The van der Waals surface area contributed by atoms with Gasteiger partial charge in [0.25, 0.3) is 5.91 Å². The molecule has 25 heavy (non-hydrogen) atoms. The van der Waals surface area contributed by atoms with Gasteiger partial charge in [0.1, 0.15) is 11.6 Å². The van der Waals surface area contributed by atoms with Crippen molar-refractivity contribution in [2.24, 2.45) is 0 Å². The number of benzene rings is 1. The van der Waals surface area contributed by atoms with Crippen molar-refractivity contribution in [3.05, 3.63) is 46.6 Å². The van der Waals surface area contributed by atoms with Gasteiger partial charge in [-0.3, -0.25) is 9.59 Å². The van der Waals surface area contributed by atoms with Crippen LogP contribution in [0, 0.1) is 26.6 Å². The number of halogens is 1. The molecule has 2 aromatic rings. The fourth-order valence-corrected chi connectivity index (χ4v) is 2.31. The highest BCUT2D eigenvalue weighted by Crippen LogP contribution is 2.16. The third kappa shape index (κ3) is 4.89. The average Bonchev–Trinajstić information content (AvgIpc) is 2.87. The third-order valence-electron chi connectivity index (χ3n) is 3.88. The molecule has 0 radical (unpaired) electrons. The number of carbonyl (C=O) groups is 2. The number of carbonyl (C=O) groups excluding carboxylic acids is 2. The predicted octanol–water partition coefficient (Wildman–Crippen LogP) is 3.24. The monoisotopic (exact) mass is 348 g/mol. The second kappa shape index (κ2) is 7.92. The molecule has 0 fully saturated rings. The van der Waals surface area contributed by atoms with Crippen LogP contribution in [0.1, 0.15) is 35.9 Å². The summed E-state index contributed by atoms with van der Waals surface area (Å²) in [6, 6.07) is 4.37. The number of nitrogens with zero attached hydrogens (tertiary/aromatic N) is 1. The van der Waals surface area contributed by atoms with Gasteiger partial charge in [-0.15, -0.1) is 0 Å². The van der Waals surface area contributed by atoms with Crippen molar-refractivity contribution in [1.29, 1.82) is 0 Å². The summed E-state index contributed by atoms with van der Waals surface area (Å²) in [5.41, 5.74) is 2.39. The molecular formula is C18H21FN2O4. The first-order chi connectivity index (χ1) is 11.8. The first-order valence-electron chi connectivity index (χ1n) is 7.96. The number of amides is 1. The summed E-state index contributed by atoms with van der Waals surface area (Å²) in [5, 5.41) is 6.34. The van der Waals surface area contributed by atoms with Gasteiger partial charge >= 0.3 is 5.97 Å². The van der Waals surface area contributed by atoms with E-state index in [0.29, 0.717) is 23.4 Å². The maximum Gasteiger partial charge on any atom is 0.306 e. The first kappa shape index (κ1) is 18.6. The number of ether oxygens (including phenoxy) is 1. The molecular weight excluding hydrogens is 327 g/mol. The second-order valence-corrected chi connectivity index (χ2v) is 5.89. The maximum absolute atomic E-state index is 13.5. The Morgan fingerprint density at radius 2 is 2.04 bits per heavy atom. The van der Waals surface area contributed by atoms with Crippen LogP contribution in [0.4, 0.5) is 10.1 Å². The third-order valence-corrected chi connectivity index (χ3v) is 3.88. The molecule has 0 saturated carbocycles. The number of esters is 1. The van der Waals surface area contributed by atoms with E-state index in [-0.39, 0.29) is 6.42 Å². The van der Waals surface area contributed by atoms with Crippen LogP contribution in [0.25, 0.3) is 0 Å². The summed E-state index contributed by atoms with van der Waals surface area (Å²) in [5.74, 6) is -0.772. The minimum absolute atomic E-state index is 0.111. The summed E-state index contributed by atoms with van der Waals surface area (Å²) in [6.07, 6.45) is -0.446. The molecule has 1 aromatic heterocycles. The van der Waals surface area contributed by atoms with E-state index in [0.717, 1.165) is 11.3 Å². The van der Waals surface area contributed by atoms with Crippen molar-refractivity contribution in [1.82, 2.24) is 5.16 Å². The van der Waals surface area contributed by atoms with Gasteiger partial charge in [0.2, 0.25) is 0 Å². The molecule has 0 saturated heterocycles. The normalized spacial score (nSPS) is 11.9. The SMILES string of the molecule is Cc1ccc(NC(=O)[C@@H](C)OC(=O)CCc2c(C)noc2C)cc1F. The van der Waals surface area contributed by atoms with Crippen molar-refractivity contribution < 1.29 is 23.2 Å². The highest BCUT2D eigenvalue weighted by atomic mass is 19.1. The molecule has 0 spiro atoms. The summed E-state index contributed by atoms with van der Waals surface area (Å²) in [6.45, 7) is 6.67. The lowest BCUT2D eigenvalue weighted by molar-refractivity contribution is -0.153. The van der Waals surface area contributed by atoms with Gasteiger partial charge in [-0.05, 0) is 51.8 Å². The van der Waals surface area contributed by atoms with E-state index in [2.05, 4.69) is 10.5 Å². The Hall–Kier alpha value is -2.70. The molecule has 0 bridgehead atoms. The van der Waals surface area contributed by atoms with Crippen LogP contribution in [0.2, 0.25) is 0 Å². The topological polar surface area (TPSA) is 81.4 Å². The van der Waals surface area contributed by atoms with E-state index >= 15 is 0 Å². The van der Waals surface area contributed by atoms with Crippen LogP contribution in [0.3, 0.4) is 0 Å². The van der Waals surface area contributed by atoms with Crippen molar-refractivity contribution >= 4 is 17.6 Å². The predicted molar refractivity (Wildman–Crippen MR) is 89.6 cm³/mol. The van der Waals surface area contributed by atoms with Gasteiger partial charge in [-0.25, -0.2) is 4.39 Å². The van der Waals surface area contributed by atoms with Gasteiger partial charge < -0.3 is 14.6 Å². The lowest BCUT2D eigenvalue weighted by atomic mass is 10.1. The maximum atomic E-state index is 13.5. The van der Waals surface area contributed by atoms with Crippen LogP contribution in [-0.2, 0) is 20.7 Å². The molecule has 1 N–H and O–H groups in total. The van der Waals surface area contributed by atoms with Crippen molar-refractivity contribution in [2.75, 3.05) is 5.32 Å². The van der Waals surface area contributed by atoms with Crippen LogP contribution in [0.5, 0.6) is 0 Å². The average molecular weight is 348 g/mol. The number of anilines is 1. The molecule has 6 nitrogen and oxygen atoms in total. The molecule has 1 amide bonds. The zero-order valence-electron chi connectivity index (χ0n) is 14.7. The number of aryl methyl sites for hydroxylation is 3. The molecule has 134 valence electrons. The molecule has 0 aliphatic carbocycles. The highest BCUT2D eigenvalue weighted by Gasteiger charge is 2.19. The summed E-state index contributed by atoms with van der Waals surface area (Å²) in [7, 11) is 0. The minimum atomic E-state index is -0.985. The quantitative estimate of drug-likeness (QED) is 0.811.